The summed E-state index contributed by atoms with van der Waals surface area (Å²) in [5.74, 6) is -0.924. The van der Waals surface area contributed by atoms with E-state index in [-0.39, 0.29) is 24.5 Å². The number of carbonyl (C=O) groups excluding carboxylic acids is 1. The van der Waals surface area contributed by atoms with E-state index in [1.807, 2.05) is 6.07 Å². The molecule has 0 saturated carbocycles. The van der Waals surface area contributed by atoms with E-state index in [0.717, 1.165) is 0 Å². The first-order valence-electron chi connectivity index (χ1n) is 4.25. The van der Waals surface area contributed by atoms with E-state index >= 15 is 0 Å². The van der Waals surface area contributed by atoms with E-state index in [9.17, 15) is 9.90 Å². The van der Waals surface area contributed by atoms with E-state index < -0.39 is 5.97 Å². The number of esters is 1. The molecule has 0 atom stereocenters. The maximum Gasteiger partial charge on any atom is 0.343 e. The summed E-state index contributed by atoms with van der Waals surface area (Å²) in [6, 6.07) is 6.43. The summed E-state index contributed by atoms with van der Waals surface area (Å²) < 4.78 is 4.54. The highest BCUT2D eigenvalue weighted by molar-refractivity contribution is 5.92. The number of phenolic OH excluding ortho intramolecular Hbond substituents is 1. The zero-order valence-corrected chi connectivity index (χ0v) is 7.93. The van der Waals surface area contributed by atoms with Crippen LogP contribution in [0.2, 0.25) is 0 Å². The van der Waals surface area contributed by atoms with Gasteiger partial charge in [0.1, 0.15) is 18.0 Å². The quantitative estimate of drug-likeness (QED) is 0.555. The lowest BCUT2D eigenvalue weighted by molar-refractivity contribution is 0.0512. The summed E-state index contributed by atoms with van der Waals surface area (Å²) in [5, 5.41) is 18.1. The van der Waals surface area contributed by atoms with Crippen molar-refractivity contribution in [3.8, 4) is 11.8 Å². The number of aromatic hydroxyl groups is 1. The molecule has 0 aliphatic carbocycles. The van der Waals surface area contributed by atoms with Crippen LogP contribution in [0.15, 0.2) is 18.2 Å². The lowest BCUT2D eigenvalue weighted by Crippen LogP contribution is -2.12. The molecule has 0 aromatic heterocycles. The molecule has 0 spiro atoms. The van der Waals surface area contributed by atoms with E-state index in [1.54, 1.807) is 12.1 Å². The minimum atomic E-state index is -0.699. The molecular weight excluding hydrogens is 196 g/mol. The fraction of sp³-hybridized carbons (Fsp3) is 0.200. The molecule has 5 heteroatoms. The number of benzene rings is 1. The Morgan fingerprint density at radius 2 is 2.33 bits per heavy atom. The fourth-order valence-corrected chi connectivity index (χ4v) is 1.14. The van der Waals surface area contributed by atoms with Gasteiger partial charge >= 0.3 is 5.97 Å². The van der Waals surface area contributed by atoms with Gasteiger partial charge in [0.2, 0.25) is 0 Å². The molecule has 0 saturated heterocycles. The topological polar surface area (TPSA) is 96.3 Å². The van der Waals surface area contributed by atoms with Gasteiger partial charge in [-0.25, -0.2) is 4.79 Å². The molecule has 3 N–H and O–H groups in total. The van der Waals surface area contributed by atoms with Gasteiger partial charge in [-0.15, -0.1) is 0 Å². The van der Waals surface area contributed by atoms with Crippen molar-refractivity contribution in [2.24, 2.45) is 5.73 Å². The normalized spacial score (nSPS) is 9.33. The van der Waals surface area contributed by atoms with Crippen molar-refractivity contribution in [1.29, 1.82) is 5.26 Å². The molecule has 15 heavy (non-hydrogen) atoms. The number of carbonyl (C=O) groups is 1. The Kier molecular flexibility index (Phi) is 3.66. The van der Waals surface area contributed by atoms with Crippen LogP contribution in [0, 0.1) is 11.3 Å². The average molecular weight is 206 g/mol. The second-order valence-corrected chi connectivity index (χ2v) is 2.75. The van der Waals surface area contributed by atoms with Crippen LogP contribution in [-0.2, 0) is 11.2 Å². The van der Waals surface area contributed by atoms with E-state index in [2.05, 4.69) is 4.74 Å². The predicted molar refractivity (Wildman–Crippen MR) is 51.9 cm³/mol. The summed E-state index contributed by atoms with van der Waals surface area (Å²) >= 11 is 0. The molecular formula is C10H10N2O3. The molecule has 0 heterocycles. The van der Waals surface area contributed by atoms with Gasteiger partial charge in [-0.05, 0) is 6.07 Å². The van der Waals surface area contributed by atoms with Gasteiger partial charge in [-0.3, -0.25) is 5.73 Å². The number of nitrogens with two attached hydrogens (primary N) is 1. The van der Waals surface area contributed by atoms with Crippen molar-refractivity contribution >= 4 is 5.97 Å². The van der Waals surface area contributed by atoms with Crippen LogP contribution < -0.4 is 5.73 Å². The highest BCUT2D eigenvalue weighted by Gasteiger charge is 2.14. The third-order valence-corrected chi connectivity index (χ3v) is 1.82. The molecule has 0 amide bonds. The van der Waals surface area contributed by atoms with Crippen LogP contribution in [0.1, 0.15) is 15.9 Å². The fourth-order valence-electron chi connectivity index (χ4n) is 1.14. The zero-order chi connectivity index (χ0) is 11.3. The Morgan fingerprint density at radius 1 is 1.60 bits per heavy atom. The van der Waals surface area contributed by atoms with Crippen molar-refractivity contribution in [3.05, 3.63) is 29.3 Å². The van der Waals surface area contributed by atoms with Crippen molar-refractivity contribution in [2.75, 3.05) is 6.73 Å². The third kappa shape index (κ3) is 2.45. The lowest BCUT2D eigenvalue weighted by Gasteiger charge is -2.06. The Hall–Kier alpha value is -2.06. The number of ether oxygens (including phenoxy) is 1. The average Bonchev–Trinajstić information content (AvgIpc) is 2.22. The summed E-state index contributed by atoms with van der Waals surface area (Å²) in [7, 11) is 0. The summed E-state index contributed by atoms with van der Waals surface area (Å²) in [6.07, 6.45) is 0.0373. The smallest absolute Gasteiger partial charge is 0.343 e. The number of hydrogen-bond donors (Lipinski definition) is 2. The molecule has 0 bridgehead atoms. The molecule has 1 aromatic rings. The molecule has 0 aliphatic heterocycles. The van der Waals surface area contributed by atoms with Crippen LogP contribution in [0.25, 0.3) is 0 Å². The van der Waals surface area contributed by atoms with Crippen LogP contribution in [0.5, 0.6) is 5.75 Å². The number of nitrogens with zero attached hydrogens (tertiary/aromatic N) is 1. The second-order valence-electron chi connectivity index (χ2n) is 2.75. The molecule has 1 aromatic carbocycles. The molecule has 0 aliphatic rings. The first kappa shape index (κ1) is 11.0. The number of phenols is 1. The van der Waals surface area contributed by atoms with Crippen molar-refractivity contribution in [3.63, 3.8) is 0 Å². The van der Waals surface area contributed by atoms with Crippen molar-refractivity contribution in [2.45, 2.75) is 6.42 Å². The SMILES string of the molecule is N#CCc1cccc(C(=O)OCN)c1O. The number of rotatable bonds is 3. The Bertz CT molecular complexity index is 410. The predicted octanol–water partition coefficient (Wildman–Crippen LogP) is 0.531. The van der Waals surface area contributed by atoms with Gasteiger partial charge in [0, 0.05) is 5.56 Å². The van der Waals surface area contributed by atoms with Gasteiger partial charge in [0.15, 0.2) is 0 Å². The van der Waals surface area contributed by atoms with Crippen LogP contribution in [-0.4, -0.2) is 17.8 Å². The monoisotopic (exact) mass is 206 g/mol. The van der Waals surface area contributed by atoms with Gasteiger partial charge in [0.05, 0.1) is 12.5 Å². The maximum absolute atomic E-state index is 11.3. The minimum Gasteiger partial charge on any atom is -0.507 e. The van der Waals surface area contributed by atoms with Gasteiger partial charge in [0.25, 0.3) is 0 Å². The molecule has 78 valence electrons. The Morgan fingerprint density at radius 3 is 2.93 bits per heavy atom. The standard InChI is InChI=1S/C10H10N2O3/c11-5-4-7-2-1-3-8(9(7)13)10(14)15-6-12/h1-3,13H,4,6,12H2. The van der Waals surface area contributed by atoms with E-state index in [1.165, 1.54) is 6.07 Å². The maximum atomic E-state index is 11.3. The van der Waals surface area contributed by atoms with Crippen molar-refractivity contribution < 1.29 is 14.6 Å². The number of para-hydroxylation sites is 1. The third-order valence-electron chi connectivity index (χ3n) is 1.82. The minimum absolute atomic E-state index is 0.0215. The summed E-state index contributed by atoms with van der Waals surface area (Å²) in [5.41, 5.74) is 5.45. The Labute approximate surface area is 86.7 Å². The molecule has 0 unspecified atom stereocenters. The summed E-state index contributed by atoms with van der Waals surface area (Å²) in [4.78, 5) is 11.3. The first-order chi connectivity index (χ1) is 7.20. The van der Waals surface area contributed by atoms with Crippen molar-refractivity contribution in [1.82, 2.24) is 0 Å². The summed E-state index contributed by atoms with van der Waals surface area (Å²) in [6.45, 7) is -0.249. The largest absolute Gasteiger partial charge is 0.507 e. The van der Waals surface area contributed by atoms with Crippen LogP contribution in [0.3, 0.4) is 0 Å². The molecule has 0 radical (unpaired) electrons. The highest BCUT2D eigenvalue weighted by atomic mass is 16.5. The molecule has 1 rings (SSSR count). The van der Waals surface area contributed by atoms with Crippen LogP contribution >= 0.6 is 0 Å². The first-order valence-corrected chi connectivity index (χ1v) is 4.25. The highest BCUT2D eigenvalue weighted by Crippen LogP contribution is 2.23. The number of hydrogen-bond acceptors (Lipinski definition) is 5. The second kappa shape index (κ2) is 4.98. The molecule has 0 fully saturated rings. The van der Waals surface area contributed by atoms with Gasteiger partial charge in [-0.2, -0.15) is 5.26 Å². The van der Waals surface area contributed by atoms with Gasteiger partial charge in [-0.1, -0.05) is 12.1 Å². The lowest BCUT2D eigenvalue weighted by atomic mass is 10.1. The van der Waals surface area contributed by atoms with Crippen LogP contribution in [0.4, 0.5) is 0 Å². The number of nitriles is 1. The van der Waals surface area contributed by atoms with E-state index in [4.69, 9.17) is 11.0 Å². The Balaban J connectivity index is 3.04. The van der Waals surface area contributed by atoms with E-state index in [0.29, 0.717) is 5.56 Å². The van der Waals surface area contributed by atoms with Gasteiger partial charge < -0.3 is 9.84 Å². The zero-order valence-electron chi connectivity index (χ0n) is 7.93. The molecule has 5 nitrogen and oxygen atoms in total.